The summed E-state index contributed by atoms with van der Waals surface area (Å²) in [5.74, 6) is 0.345. The topological polar surface area (TPSA) is 44.8 Å². The van der Waals surface area contributed by atoms with Crippen LogP contribution in [0.15, 0.2) is 0 Å². The number of ether oxygens (including phenoxy) is 1. The Hall–Kier alpha value is -0.770. The standard InChI is InChI=1S/C10H20O4/c1-6-8(2)7-12-9(11)13-14-10(3,4)5/h8H,6-7H2,1-5H3. The lowest BCUT2D eigenvalue weighted by molar-refractivity contribution is -0.312. The molecule has 0 amide bonds. The van der Waals surface area contributed by atoms with Gasteiger partial charge in [0.15, 0.2) is 0 Å². The van der Waals surface area contributed by atoms with E-state index in [4.69, 9.17) is 9.62 Å². The van der Waals surface area contributed by atoms with Crippen molar-refractivity contribution < 1.29 is 19.3 Å². The van der Waals surface area contributed by atoms with Crippen molar-refractivity contribution >= 4 is 6.16 Å². The van der Waals surface area contributed by atoms with E-state index in [2.05, 4.69) is 4.89 Å². The minimum atomic E-state index is -0.778. The van der Waals surface area contributed by atoms with Gasteiger partial charge in [-0.1, -0.05) is 20.3 Å². The van der Waals surface area contributed by atoms with E-state index < -0.39 is 11.8 Å². The van der Waals surface area contributed by atoms with Gasteiger partial charge in [-0.2, -0.15) is 4.89 Å². The first-order valence-electron chi connectivity index (χ1n) is 4.87. The first-order chi connectivity index (χ1) is 6.35. The van der Waals surface area contributed by atoms with Gasteiger partial charge >= 0.3 is 6.16 Å². The van der Waals surface area contributed by atoms with Crippen molar-refractivity contribution in [3.05, 3.63) is 0 Å². The zero-order valence-electron chi connectivity index (χ0n) is 9.62. The van der Waals surface area contributed by atoms with Crippen molar-refractivity contribution in [1.29, 1.82) is 0 Å². The Morgan fingerprint density at radius 1 is 1.36 bits per heavy atom. The predicted octanol–water partition coefficient (Wildman–Crippen LogP) is 2.92. The molecule has 0 heterocycles. The lowest BCUT2D eigenvalue weighted by Crippen LogP contribution is -2.23. The molecule has 0 fully saturated rings. The molecule has 0 aromatic rings. The molecule has 1 unspecified atom stereocenters. The summed E-state index contributed by atoms with van der Waals surface area (Å²) in [6.45, 7) is 9.75. The molecule has 4 heteroatoms. The van der Waals surface area contributed by atoms with E-state index in [-0.39, 0.29) is 0 Å². The molecular formula is C10H20O4. The SMILES string of the molecule is CCC(C)COC(=O)OOC(C)(C)C. The van der Waals surface area contributed by atoms with Crippen LogP contribution in [0.1, 0.15) is 41.0 Å². The number of carbonyl (C=O) groups is 1. The molecule has 0 aromatic heterocycles. The highest BCUT2D eigenvalue weighted by Crippen LogP contribution is 2.08. The van der Waals surface area contributed by atoms with E-state index >= 15 is 0 Å². The molecule has 0 bridgehead atoms. The third kappa shape index (κ3) is 7.86. The van der Waals surface area contributed by atoms with Crippen LogP contribution >= 0.6 is 0 Å². The smallest absolute Gasteiger partial charge is 0.432 e. The highest BCUT2D eigenvalue weighted by Gasteiger charge is 2.16. The monoisotopic (exact) mass is 204 g/mol. The fourth-order valence-electron chi connectivity index (χ4n) is 0.511. The van der Waals surface area contributed by atoms with Gasteiger partial charge in [0.2, 0.25) is 0 Å². The Balaban J connectivity index is 3.57. The van der Waals surface area contributed by atoms with E-state index in [1.807, 2.05) is 13.8 Å². The van der Waals surface area contributed by atoms with Crippen molar-refractivity contribution in [2.45, 2.75) is 46.6 Å². The van der Waals surface area contributed by atoms with Crippen LogP contribution in [0.5, 0.6) is 0 Å². The molecule has 84 valence electrons. The Morgan fingerprint density at radius 3 is 2.36 bits per heavy atom. The third-order valence-corrected chi connectivity index (χ3v) is 1.54. The first-order valence-corrected chi connectivity index (χ1v) is 4.87. The minimum absolute atomic E-state index is 0.345. The van der Waals surface area contributed by atoms with E-state index in [1.54, 1.807) is 20.8 Å². The molecule has 0 rings (SSSR count). The van der Waals surface area contributed by atoms with Gasteiger partial charge < -0.3 is 4.74 Å². The molecule has 0 radical (unpaired) electrons. The molecule has 14 heavy (non-hydrogen) atoms. The van der Waals surface area contributed by atoms with E-state index in [1.165, 1.54) is 0 Å². The molecule has 0 aliphatic heterocycles. The highest BCUT2D eigenvalue weighted by molar-refractivity contribution is 5.58. The summed E-state index contributed by atoms with van der Waals surface area (Å²) in [4.78, 5) is 20.2. The van der Waals surface area contributed by atoms with Crippen molar-refractivity contribution in [1.82, 2.24) is 0 Å². The Bertz CT molecular complexity index is 171. The molecule has 0 spiro atoms. The number of hydrogen-bond donors (Lipinski definition) is 0. The third-order valence-electron chi connectivity index (χ3n) is 1.54. The summed E-state index contributed by atoms with van der Waals surface area (Å²) < 4.78 is 4.80. The van der Waals surface area contributed by atoms with E-state index in [9.17, 15) is 4.79 Å². The van der Waals surface area contributed by atoms with Crippen molar-refractivity contribution in [2.24, 2.45) is 5.92 Å². The Labute approximate surface area is 85.5 Å². The number of carbonyl (C=O) groups excluding carboxylic acids is 1. The molecule has 0 aromatic carbocycles. The van der Waals surface area contributed by atoms with Crippen LogP contribution in [0.3, 0.4) is 0 Å². The normalized spacial score (nSPS) is 13.5. The fraction of sp³-hybridized carbons (Fsp3) is 0.900. The molecule has 0 saturated heterocycles. The first kappa shape index (κ1) is 13.2. The number of hydrogen-bond acceptors (Lipinski definition) is 4. The Morgan fingerprint density at radius 2 is 1.93 bits per heavy atom. The van der Waals surface area contributed by atoms with Gasteiger partial charge in [-0.05, 0) is 26.7 Å². The summed E-state index contributed by atoms with van der Waals surface area (Å²) >= 11 is 0. The van der Waals surface area contributed by atoms with Crippen LogP contribution < -0.4 is 0 Å². The van der Waals surface area contributed by atoms with Gasteiger partial charge in [0.25, 0.3) is 0 Å². The van der Waals surface area contributed by atoms with Gasteiger partial charge in [-0.3, -0.25) is 4.89 Å². The van der Waals surface area contributed by atoms with Gasteiger partial charge in [0.1, 0.15) is 5.60 Å². The van der Waals surface area contributed by atoms with Crippen LogP contribution in [0.2, 0.25) is 0 Å². The van der Waals surface area contributed by atoms with Crippen molar-refractivity contribution in [3.63, 3.8) is 0 Å². The van der Waals surface area contributed by atoms with Crippen LogP contribution in [0.25, 0.3) is 0 Å². The molecule has 4 nitrogen and oxygen atoms in total. The van der Waals surface area contributed by atoms with Crippen LogP contribution in [0.4, 0.5) is 4.79 Å². The number of rotatable bonds is 4. The lowest BCUT2D eigenvalue weighted by Gasteiger charge is -2.16. The summed E-state index contributed by atoms with van der Waals surface area (Å²) in [6, 6.07) is 0. The van der Waals surface area contributed by atoms with Gasteiger partial charge in [0.05, 0.1) is 6.61 Å². The van der Waals surface area contributed by atoms with Crippen LogP contribution in [-0.2, 0) is 14.5 Å². The lowest BCUT2D eigenvalue weighted by atomic mass is 10.1. The molecule has 1 atom stereocenters. The average Bonchev–Trinajstić information content (AvgIpc) is 2.09. The average molecular weight is 204 g/mol. The predicted molar refractivity (Wildman–Crippen MR) is 52.7 cm³/mol. The maximum Gasteiger partial charge on any atom is 0.540 e. The second-order valence-corrected chi connectivity index (χ2v) is 4.35. The van der Waals surface area contributed by atoms with Crippen molar-refractivity contribution in [3.8, 4) is 0 Å². The van der Waals surface area contributed by atoms with E-state index in [0.29, 0.717) is 12.5 Å². The van der Waals surface area contributed by atoms with Crippen LogP contribution in [-0.4, -0.2) is 18.4 Å². The van der Waals surface area contributed by atoms with Gasteiger partial charge in [0, 0.05) is 0 Å². The second-order valence-electron chi connectivity index (χ2n) is 4.35. The summed E-state index contributed by atoms with van der Waals surface area (Å²) in [5, 5.41) is 0. The summed E-state index contributed by atoms with van der Waals surface area (Å²) in [6.07, 6.45) is 0.188. The maximum atomic E-state index is 10.9. The zero-order chi connectivity index (χ0) is 11.2. The molecule has 0 N–H and O–H groups in total. The largest absolute Gasteiger partial charge is 0.540 e. The van der Waals surface area contributed by atoms with Crippen LogP contribution in [0, 0.1) is 5.92 Å². The summed E-state index contributed by atoms with van der Waals surface area (Å²) in [7, 11) is 0. The highest BCUT2D eigenvalue weighted by atomic mass is 17.2. The Kier molecular flexibility index (Phi) is 5.53. The van der Waals surface area contributed by atoms with E-state index in [0.717, 1.165) is 6.42 Å². The second kappa shape index (κ2) is 5.86. The molecule has 0 aliphatic carbocycles. The molecular weight excluding hydrogens is 184 g/mol. The molecule has 0 saturated carbocycles. The van der Waals surface area contributed by atoms with Gasteiger partial charge in [-0.25, -0.2) is 4.79 Å². The van der Waals surface area contributed by atoms with Crippen molar-refractivity contribution in [2.75, 3.05) is 6.61 Å². The molecule has 0 aliphatic rings. The fourth-order valence-corrected chi connectivity index (χ4v) is 0.511. The summed E-state index contributed by atoms with van der Waals surface area (Å²) in [5.41, 5.74) is -0.505. The maximum absolute atomic E-state index is 10.9. The minimum Gasteiger partial charge on any atom is -0.432 e. The quantitative estimate of drug-likeness (QED) is 0.401. The van der Waals surface area contributed by atoms with Gasteiger partial charge in [-0.15, -0.1) is 0 Å². The zero-order valence-corrected chi connectivity index (χ0v) is 9.62.